The van der Waals surface area contributed by atoms with E-state index in [2.05, 4.69) is 210 Å². The van der Waals surface area contributed by atoms with Crippen molar-refractivity contribution in [1.82, 2.24) is 4.57 Å². The van der Waals surface area contributed by atoms with Gasteiger partial charge in [0.15, 0.2) is 0 Å². The second-order valence-corrected chi connectivity index (χ2v) is 16.0. The fourth-order valence-corrected chi connectivity index (χ4v) is 9.75. The summed E-state index contributed by atoms with van der Waals surface area (Å²) in [7, 11) is 0. The zero-order valence-electron chi connectivity index (χ0n) is 33.5. The zero-order valence-corrected chi connectivity index (χ0v) is 33.5. The number of fused-ring (bicyclic) bond motifs is 11. The van der Waals surface area contributed by atoms with Gasteiger partial charge in [-0.1, -0.05) is 152 Å². The van der Waals surface area contributed by atoms with Crippen LogP contribution in [0.4, 0.5) is 17.1 Å². The first-order chi connectivity index (χ1) is 30.7. The Kier molecular flexibility index (Phi) is 7.57. The number of nitrogens with zero attached hydrogens (tertiary/aromatic N) is 2. The van der Waals surface area contributed by atoms with Crippen molar-refractivity contribution in [2.75, 3.05) is 4.90 Å². The van der Waals surface area contributed by atoms with E-state index in [-0.39, 0.29) is 0 Å². The van der Waals surface area contributed by atoms with Crippen molar-refractivity contribution in [3.63, 3.8) is 0 Å². The normalized spacial score (nSPS) is 11.9. The van der Waals surface area contributed by atoms with Gasteiger partial charge in [-0.2, -0.15) is 0 Å². The highest BCUT2D eigenvalue weighted by Gasteiger charge is 2.22. The highest BCUT2D eigenvalue weighted by atomic mass is 16.3. The molecule has 0 spiro atoms. The summed E-state index contributed by atoms with van der Waals surface area (Å²) in [5.41, 5.74) is 14.6. The number of hydrogen-bond acceptors (Lipinski definition) is 3. The molecule has 13 aromatic rings. The quantitative estimate of drug-likeness (QED) is 0.168. The zero-order chi connectivity index (χ0) is 40.7. The van der Waals surface area contributed by atoms with E-state index in [1.165, 1.54) is 32.6 Å². The van der Waals surface area contributed by atoms with Crippen LogP contribution in [-0.4, -0.2) is 4.57 Å². The van der Waals surface area contributed by atoms with Crippen LogP contribution >= 0.6 is 0 Å². The van der Waals surface area contributed by atoms with Crippen LogP contribution in [-0.2, 0) is 0 Å². The summed E-state index contributed by atoms with van der Waals surface area (Å²) in [6, 6.07) is 77.9. The minimum absolute atomic E-state index is 0.850. The van der Waals surface area contributed by atoms with Crippen molar-refractivity contribution < 1.29 is 8.83 Å². The third-order valence-corrected chi connectivity index (χ3v) is 12.6. The topological polar surface area (TPSA) is 34.5 Å². The maximum absolute atomic E-state index is 6.64. The molecule has 4 heteroatoms. The van der Waals surface area contributed by atoms with Gasteiger partial charge in [-0.05, 0) is 88.8 Å². The van der Waals surface area contributed by atoms with E-state index in [4.69, 9.17) is 8.83 Å². The van der Waals surface area contributed by atoms with Crippen molar-refractivity contribution in [3.8, 4) is 27.9 Å². The van der Waals surface area contributed by atoms with Crippen molar-refractivity contribution in [2.45, 2.75) is 0 Å². The van der Waals surface area contributed by atoms with Crippen molar-refractivity contribution >= 4 is 93.5 Å². The second-order valence-electron chi connectivity index (χ2n) is 16.0. The molecular weight excluding hydrogens is 757 g/mol. The molecule has 0 saturated carbocycles. The van der Waals surface area contributed by atoms with Crippen LogP contribution in [0.5, 0.6) is 0 Å². The SMILES string of the molecule is c1ccc(-c2cccc3c2oc2ccc(N(c4ccc(-c5ccc6c7ccc8ccccc8c7n(-c7ccccc7)c6c5)cc4)c4cccc5oc6ccccc6c45)cc23)cc1. The first kappa shape index (κ1) is 34.5. The predicted octanol–water partition coefficient (Wildman–Crippen LogP) is 16.5. The van der Waals surface area contributed by atoms with Gasteiger partial charge in [-0.25, -0.2) is 0 Å². The van der Waals surface area contributed by atoms with Gasteiger partial charge in [0.1, 0.15) is 22.3 Å². The van der Waals surface area contributed by atoms with E-state index in [0.717, 1.165) is 88.9 Å². The van der Waals surface area contributed by atoms with Crippen LogP contribution in [0.15, 0.2) is 227 Å². The van der Waals surface area contributed by atoms with E-state index in [1.54, 1.807) is 0 Å². The monoisotopic (exact) mass is 792 g/mol. The molecule has 290 valence electrons. The summed E-state index contributed by atoms with van der Waals surface area (Å²) in [4.78, 5) is 2.36. The van der Waals surface area contributed by atoms with Gasteiger partial charge in [0.25, 0.3) is 0 Å². The summed E-state index contributed by atoms with van der Waals surface area (Å²) < 4.78 is 15.5. The fraction of sp³-hybridized carbons (Fsp3) is 0. The Morgan fingerprint density at radius 3 is 1.92 bits per heavy atom. The summed E-state index contributed by atoms with van der Waals surface area (Å²) in [6.45, 7) is 0. The van der Waals surface area contributed by atoms with Crippen LogP contribution in [0.3, 0.4) is 0 Å². The second kappa shape index (κ2) is 13.6. The molecule has 0 saturated heterocycles. The third-order valence-electron chi connectivity index (χ3n) is 12.6. The molecule has 13 rings (SSSR count). The number of rotatable bonds is 6. The lowest BCUT2D eigenvalue weighted by Crippen LogP contribution is -2.10. The standard InChI is InChI=1S/C58H36N2O2/c1-3-13-38(14-4-1)45-20-11-21-48-50-36-43(31-34-54(50)62-58(45)48)59(51-22-12-24-55-56(51)49-19-9-10-23-53(49)61-55)42-29-25-37(26-30-42)40-28-32-46-47-33-27-39-15-7-8-18-44(39)57(47)60(52(46)35-40)41-16-5-2-6-17-41/h1-36H. The maximum Gasteiger partial charge on any atom is 0.143 e. The summed E-state index contributed by atoms with van der Waals surface area (Å²) in [5, 5.41) is 9.27. The van der Waals surface area contributed by atoms with Gasteiger partial charge >= 0.3 is 0 Å². The summed E-state index contributed by atoms with van der Waals surface area (Å²) >= 11 is 0. The van der Waals surface area contributed by atoms with E-state index in [1.807, 2.05) is 18.2 Å². The number of aromatic nitrogens is 1. The molecule has 62 heavy (non-hydrogen) atoms. The van der Waals surface area contributed by atoms with E-state index in [9.17, 15) is 0 Å². The Bertz CT molecular complexity index is 3860. The molecule has 3 heterocycles. The molecule has 0 fully saturated rings. The molecule has 3 aromatic heterocycles. The predicted molar refractivity (Wildman–Crippen MR) is 258 cm³/mol. The maximum atomic E-state index is 6.64. The van der Waals surface area contributed by atoms with Gasteiger partial charge in [-0.15, -0.1) is 0 Å². The van der Waals surface area contributed by atoms with Gasteiger partial charge < -0.3 is 18.3 Å². The lowest BCUT2D eigenvalue weighted by molar-refractivity contribution is 0.669. The molecule has 0 radical (unpaired) electrons. The fourth-order valence-electron chi connectivity index (χ4n) is 9.75. The molecule has 0 aliphatic rings. The Balaban J connectivity index is 0.988. The van der Waals surface area contributed by atoms with E-state index >= 15 is 0 Å². The molecule has 0 N–H and O–H groups in total. The van der Waals surface area contributed by atoms with Gasteiger partial charge in [0.05, 0.1) is 22.1 Å². The van der Waals surface area contributed by atoms with E-state index < -0.39 is 0 Å². The number of para-hydroxylation sites is 3. The van der Waals surface area contributed by atoms with Crippen molar-refractivity contribution in [2.24, 2.45) is 0 Å². The third kappa shape index (κ3) is 5.27. The summed E-state index contributed by atoms with van der Waals surface area (Å²) in [6.07, 6.45) is 0. The summed E-state index contributed by atoms with van der Waals surface area (Å²) in [5.74, 6) is 0. The molecule has 10 aromatic carbocycles. The van der Waals surface area contributed by atoms with E-state index in [0.29, 0.717) is 0 Å². The van der Waals surface area contributed by atoms with Crippen molar-refractivity contribution in [1.29, 1.82) is 0 Å². The molecule has 0 bridgehead atoms. The number of benzene rings is 10. The average Bonchev–Trinajstić information content (AvgIpc) is 4.02. The molecule has 4 nitrogen and oxygen atoms in total. The Labute approximate surface area is 356 Å². The molecule has 0 unspecified atom stereocenters. The van der Waals surface area contributed by atoms with Gasteiger partial charge in [0.2, 0.25) is 0 Å². The minimum atomic E-state index is 0.850. The lowest BCUT2D eigenvalue weighted by atomic mass is 10.0. The first-order valence-electron chi connectivity index (χ1n) is 21.1. The van der Waals surface area contributed by atoms with Gasteiger partial charge in [0, 0.05) is 54.9 Å². The van der Waals surface area contributed by atoms with Gasteiger partial charge in [-0.3, -0.25) is 0 Å². The smallest absolute Gasteiger partial charge is 0.143 e. The Hall–Kier alpha value is -8.34. The number of furan rings is 2. The van der Waals surface area contributed by atoms with Crippen LogP contribution in [0.2, 0.25) is 0 Å². The average molecular weight is 793 g/mol. The van der Waals surface area contributed by atoms with Crippen LogP contribution < -0.4 is 4.90 Å². The minimum Gasteiger partial charge on any atom is -0.456 e. The Morgan fingerprint density at radius 1 is 0.371 bits per heavy atom. The largest absolute Gasteiger partial charge is 0.456 e. The molecule has 0 atom stereocenters. The van der Waals surface area contributed by atoms with Crippen LogP contribution in [0.25, 0.3) is 104 Å². The molecule has 0 aliphatic heterocycles. The highest BCUT2D eigenvalue weighted by Crippen LogP contribution is 2.46. The molecule has 0 aliphatic carbocycles. The molecular formula is C58H36N2O2. The first-order valence-corrected chi connectivity index (χ1v) is 21.1. The Morgan fingerprint density at radius 2 is 1.05 bits per heavy atom. The lowest BCUT2D eigenvalue weighted by Gasteiger charge is -2.26. The number of hydrogen-bond donors (Lipinski definition) is 0. The van der Waals surface area contributed by atoms with Crippen LogP contribution in [0, 0.1) is 0 Å². The molecule has 0 amide bonds. The van der Waals surface area contributed by atoms with Crippen molar-refractivity contribution in [3.05, 3.63) is 218 Å². The number of anilines is 3. The van der Waals surface area contributed by atoms with Crippen LogP contribution in [0.1, 0.15) is 0 Å². The highest BCUT2D eigenvalue weighted by molar-refractivity contribution is 6.19.